The van der Waals surface area contributed by atoms with Gasteiger partial charge in [0.05, 0.1) is 11.5 Å². The van der Waals surface area contributed by atoms with Crippen molar-refractivity contribution in [3.8, 4) is 0 Å². The molecular weight excluding hydrogens is 250 g/mol. The normalized spacial score (nSPS) is 17.7. The molecule has 0 bridgehead atoms. The number of nitrogens with one attached hydrogen (secondary N) is 1. The van der Waals surface area contributed by atoms with Gasteiger partial charge in [-0.3, -0.25) is 0 Å². The molecule has 0 amide bonds. The van der Waals surface area contributed by atoms with Gasteiger partial charge in [0, 0.05) is 6.54 Å². The Morgan fingerprint density at radius 1 is 1.44 bits per heavy atom. The molecule has 0 aliphatic heterocycles. The van der Waals surface area contributed by atoms with E-state index in [9.17, 15) is 8.42 Å². The van der Waals surface area contributed by atoms with Gasteiger partial charge >= 0.3 is 0 Å². The van der Waals surface area contributed by atoms with Crippen LogP contribution in [0, 0.1) is 11.8 Å². The van der Waals surface area contributed by atoms with Crippen LogP contribution in [0.3, 0.4) is 0 Å². The van der Waals surface area contributed by atoms with Crippen molar-refractivity contribution in [2.24, 2.45) is 11.8 Å². The van der Waals surface area contributed by atoms with Gasteiger partial charge in [-0.25, -0.2) is 13.1 Å². The predicted molar refractivity (Wildman–Crippen MR) is 69.4 cm³/mol. The van der Waals surface area contributed by atoms with E-state index in [0.717, 1.165) is 0 Å². The molecule has 2 rings (SSSR count). The molecule has 4 nitrogen and oxygen atoms in total. The van der Waals surface area contributed by atoms with Crippen molar-refractivity contribution in [3.63, 3.8) is 0 Å². The quantitative estimate of drug-likeness (QED) is 0.822. The third kappa shape index (κ3) is 3.31. The minimum atomic E-state index is -3.45. The monoisotopic (exact) mass is 269 g/mol. The van der Waals surface area contributed by atoms with Gasteiger partial charge in [-0.1, -0.05) is 19.1 Å². The highest BCUT2D eigenvalue weighted by atomic mass is 32.2. The third-order valence-corrected chi connectivity index (χ3v) is 4.83. The van der Waals surface area contributed by atoms with Crippen LogP contribution in [0.2, 0.25) is 0 Å². The van der Waals surface area contributed by atoms with E-state index in [1.165, 1.54) is 18.9 Å². The highest BCUT2D eigenvalue weighted by Crippen LogP contribution is 2.36. The molecule has 1 fully saturated rings. The van der Waals surface area contributed by atoms with Crippen LogP contribution in [-0.4, -0.2) is 20.1 Å². The highest BCUT2D eigenvalue weighted by molar-refractivity contribution is 7.89. The van der Waals surface area contributed by atoms with Crippen LogP contribution < -0.4 is 4.72 Å². The zero-order chi connectivity index (χ0) is 13.2. The van der Waals surface area contributed by atoms with Crippen molar-refractivity contribution < 1.29 is 13.5 Å². The number of hydrogen-bond donors (Lipinski definition) is 2. The molecule has 0 heterocycles. The van der Waals surface area contributed by atoms with E-state index in [-0.39, 0.29) is 11.5 Å². The maximum atomic E-state index is 12.1. The number of benzene rings is 1. The molecule has 1 aliphatic rings. The maximum Gasteiger partial charge on any atom is 0.240 e. The molecule has 5 heteroatoms. The van der Waals surface area contributed by atoms with Crippen molar-refractivity contribution in [2.45, 2.75) is 31.3 Å². The van der Waals surface area contributed by atoms with Crippen molar-refractivity contribution in [3.05, 3.63) is 29.8 Å². The standard InChI is InChI=1S/C13H19NO3S/c1-10(12-5-6-12)8-14-18(16,17)13-4-2-3-11(7-13)9-15/h2-4,7,10,12,14-15H,5-6,8-9H2,1H3. The van der Waals surface area contributed by atoms with Gasteiger partial charge in [0.15, 0.2) is 0 Å². The predicted octanol–water partition coefficient (Wildman–Crippen LogP) is 1.50. The van der Waals surface area contributed by atoms with Gasteiger partial charge in [-0.2, -0.15) is 0 Å². The van der Waals surface area contributed by atoms with Gasteiger partial charge in [0.1, 0.15) is 0 Å². The lowest BCUT2D eigenvalue weighted by atomic mass is 10.1. The van der Waals surface area contributed by atoms with Crippen LogP contribution in [-0.2, 0) is 16.6 Å². The molecular formula is C13H19NO3S. The first-order valence-corrected chi connectivity index (χ1v) is 7.70. The molecule has 18 heavy (non-hydrogen) atoms. The molecule has 1 atom stereocenters. The Morgan fingerprint density at radius 3 is 2.78 bits per heavy atom. The Bertz CT molecular complexity index is 509. The van der Waals surface area contributed by atoms with Crippen molar-refractivity contribution in [1.82, 2.24) is 4.72 Å². The van der Waals surface area contributed by atoms with Crippen molar-refractivity contribution in [2.75, 3.05) is 6.54 Å². The summed E-state index contributed by atoms with van der Waals surface area (Å²) in [6.07, 6.45) is 2.42. The number of aliphatic hydroxyl groups excluding tert-OH is 1. The Labute approximate surface area is 108 Å². The van der Waals surface area contributed by atoms with Gasteiger partial charge in [-0.05, 0) is 42.4 Å². The summed E-state index contributed by atoms with van der Waals surface area (Å²) in [5.74, 6) is 1.07. The van der Waals surface area contributed by atoms with E-state index in [1.54, 1.807) is 18.2 Å². The van der Waals surface area contributed by atoms with Crippen LogP contribution in [0.25, 0.3) is 0 Å². The van der Waals surface area contributed by atoms with Gasteiger partial charge in [0.2, 0.25) is 10.0 Å². The molecule has 1 aromatic carbocycles. The molecule has 1 saturated carbocycles. The second-order valence-corrected chi connectivity index (χ2v) is 6.74. The zero-order valence-electron chi connectivity index (χ0n) is 10.5. The summed E-state index contributed by atoms with van der Waals surface area (Å²) < 4.78 is 26.7. The first-order valence-electron chi connectivity index (χ1n) is 6.22. The number of aliphatic hydroxyl groups is 1. The summed E-state index contributed by atoms with van der Waals surface area (Å²) in [5.41, 5.74) is 0.605. The zero-order valence-corrected chi connectivity index (χ0v) is 11.3. The van der Waals surface area contributed by atoms with Crippen LogP contribution in [0.15, 0.2) is 29.2 Å². The van der Waals surface area contributed by atoms with Crippen LogP contribution in [0.1, 0.15) is 25.3 Å². The number of sulfonamides is 1. The molecule has 0 saturated heterocycles. The minimum Gasteiger partial charge on any atom is -0.392 e. The van der Waals surface area contributed by atoms with Gasteiger partial charge < -0.3 is 5.11 Å². The van der Waals surface area contributed by atoms with E-state index in [2.05, 4.69) is 11.6 Å². The first-order chi connectivity index (χ1) is 8.53. The van der Waals surface area contributed by atoms with Crippen LogP contribution in [0.5, 0.6) is 0 Å². The van der Waals surface area contributed by atoms with E-state index >= 15 is 0 Å². The molecule has 0 spiro atoms. The summed E-state index contributed by atoms with van der Waals surface area (Å²) in [6, 6.07) is 6.39. The lowest BCUT2D eigenvalue weighted by Gasteiger charge is -2.12. The SMILES string of the molecule is CC(CNS(=O)(=O)c1cccc(CO)c1)C1CC1. The fourth-order valence-corrected chi connectivity index (χ4v) is 3.18. The lowest BCUT2D eigenvalue weighted by molar-refractivity contribution is 0.281. The van der Waals surface area contributed by atoms with Gasteiger partial charge in [0.25, 0.3) is 0 Å². The summed E-state index contributed by atoms with van der Waals surface area (Å²) in [7, 11) is -3.45. The molecule has 0 radical (unpaired) electrons. The van der Waals surface area contributed by atoms with Gasteiger partial charge in [-0.15, -0.1) is 0 Å². The second kappa shape index (κ2) is 5.38. The topological polar surface area (TPSA) is 66.4 Å². The molecule has 100 valence electrons. The molecule has 1 unspecified atom stereocenters. The number of rotatable bonds is 6. The summed E-state index contributed by atoms with van der Waals surface area (Å²) >= 11 is 0. The Balaban J connectivity index is 2.04. The molecule has 2 N–H and O–H groups in total. The van der Waals surface area contributed by atoms with Crippen molar-refractivity contribution >= 4 is 10.0 Å². The first kappa shape index (κ1) is 13.5. The van der Waals surface area contributed by atoms with E-state index in [0.29, 0.717) is 23.9 Å². The van der Waals surface area contributed by atoms with E-state index < -0.39 is 10.0 Å². The average Bonchev–Trinajstić information content (AvgIpc) is 3.20. The Morgan fingerprint density at radius 2 is 2.17 bits per heavy atom. The number of hydrogen-bond acceptors (Lipinski definition) is 3. The van der Waals surface area contributed by atoms with Crippen molar-refractivity contribution in [1.29, 1.82) is 0 Å². The maximum absolute atomic E-state index is 12.1. The summed E-state index contributed by atoms with van der Waals surface area (Å²) in [4.78, 5) is 0.219. The third-order valence-electron chi connectivity index (χ3n) is 3.41. The average molecular weight is 269 g/mol. The second-order valence-electron chi connectivity index (χ2n) is 4.97. The van der Waals surface area contributed by atoms with E-state index in [4.69, 9.17) is 5.11 Å². The Kier molecular flexibility index (Phi) is 4.04. The van der Waals surface area contributed by atoms with Crippen LogP contribution in [0.4, 0.5) is 0 Å². The summed E-state index contributed by atoms with van der Waals surface area (Å²) in [6.45, 7) is 2.41. The van der Waals surface area contributed by atoms with Crippen LogP contribution >= 0.6 is 0 Å². The molecule has 1 aromatic rings. The highest BCUT2D eigenvalue weighted by Gasteiger charge is 2.28. The fraction of sp³-hybridized carbons (Fsp3) is 0.538. The lowest BCUT2D eigenvalue weighted by Crippen LogP contribution is -2.29. The molecule has 0 aromatic heterocycles. The smallest absolute Gasteiger partial charge is 0.240 e. The fourth-order valence-electron chi connectivity index (χ4n) is 1.97. The molecule has 1 aliphatic carbocycles. The minimum absolute atomic E-state index is 0.151. The largest absolute Gasteiger partial charge is 0.392 e. The van der Waals surface area contributed by atoms with E-state index in [1.807, 2.05) is 0 Å². The Hall–Kier alpha value is -0.910. The summed E-state index contributed by atoms with van der Waals surface area (Å²) in [5, 5.41) is 9.01.